The van der Waals surface area contributed by atoms with Gasteiger partial charge in [-0.2, -0.15) is 0 Å². The van der Waals surface area contributed by atoms with Crippen molar-refractivity contribution in [1.82, 2.24) is 0 Å². The van der Waals surface area contributed by atoms with E-state index in [1.54, 1.807) is 0 Å². The van der Waals surface area contributed by atoms with Crippen molar-refractivity contribution >= 4 is 27.0 Å². The van der Waals surface area contributed by atoms with Crippen molar-refractivity contribution in [3.63, 3.8) is 0 Å². The van der Waals surface area contributed by atoms with Crippen LogP contribution in [-0.2, 0) is 9.84 Å². The van der Waals surface area contributed by atoms with Crippen molar-refractivity contribution in [2.24, 2.45) is 11.7 Å². The molecule has 0 bridgehead atoms. The van der Waals surface area contributed by atoms with Gasteiger partial charge in [0.05, 0.1) is 10.2 Å². The molecule has 1 aromatic carbocycles. The topological polar surface area (TPSA) is 60.2 Å². The molecular formula is C11H13NO2S2. The molecule has 0 unspecified atom stereocenters. The van der Waals surface area contributed by atoms with Gasteiger partial charge >= 0.3 is 0 Å². The Morgan fingerprint density at radius 2 is 1.88 bits per heavy atom. The minimum atomic E-state index is -3.09. The molecule has 1 aromatic rings. The second-order valence-electron chi connectivity index (χ2n) is 4.16. The van der Waals surface area contributed by atoms with Gasteiger partial charge in [-0.3, -0.25) is 0 Å². The predicted octanol–water partition coefficient (Wildman–Crippen LogP) is 1.10. The van der Waals surface area contributed by atoms with E-state index < -0.39 is 15.1 Å². The summed E-state index contributed by atoms with van der Waals surface area (Å²) in [5.74, 6) is -0.263. The summed E-state index contributed by atoms with van der Waals surface area (Å²) < 4.78 is 23.2. The van der Waals surface area contributed by atoms with Crippen LogP contribution < -0.4 is 5.73 Å². The van der Waals surface area contributed by atoms with Gasteiger partial charge in [-0.1, -0.05) is 42.5 Å². The summed E-state index contributed by atoms with van der Waals surface area (Å²) in [6.07, 6.45) is 1.24. The fraction of sp³-hybridized carbons (Fsp3) is 0.364. The van der Waals surface area contributed by atoms with Gasteiger partial charge in [0, 0.05) is 18.1 Å². The molecule has 0 heterocycles. The Morgan fingerprint density at radius 1 is 1.31 bits per heavy atom. The maximum Gasteiger partial charge on any atom is 0.151 e. The Morgan fingerprint density at radius 3 is 2.25 bits per heavy atom. The summed E-state index contributed by atoms with van der Waals surface area (Å²) in [7, 11) is -3.09. The van der Waals surface area contributed by atoms with Gasteiger partial charge in [-0.25, -0.2) is 8.42 Å². The molecule has 0 radical (unpaired) electrons. The van der Waals surface area contributed by atoms with Gasteiger partial charge in [0.2, 0.25) is 0 Å². The van der Waals surface area contributed by atoms with Crippen LogP contribution in [0.15, 0.2) is 30.3 Å². The maximum absolute atomic E-state index is 11.6. The van der Waals surface area contributed by atoms with Gasteiger partial charge in [-0.15, -0.1) is 0 Å². The highest BCUT2D eigenvalue weighted by Crippen LogP contribution is 2.52. The van der Waals surface area contributed by atoms with Crippen molar-refractivity contribution < 1.29 is 8.42 Å². The quantitative estimate of drug-likeness (QED) is 0.822. The van der Waals surface area contributed by atoms with Crippen molar-refractivity contribution in [2.45, 2.75) is 11.2 Å². The third-order valence-corrected chi connectivity index (χ3v) is 4.81. The number of benzene rings is 1. The lowest BCUT2D eigenvalue weighted by Crippen LogP contribution is -2.16. The largest absolute Gasteiger partial charge is 0.393 e. The molecule has 86 valence electrons. The molecule has 0 aromatic heterocycles. The first-order valence-electron chi connectivity index (χ1n) is 4.96. The van der Waals surface area contributed by atoms with E-state index in [0.717, 1.165) is 5.56 Å². The smallest absolute Gasteiger partial charge is 0.151 e. The summed E-state index contributed by atoms with van der Waals surface area (Å²) in [6.45, 7) is 0. The lowest BCUT2D eigenvalue weighted by atomic mass is 10.1. The molecule has 2 N–H and O–H groups in total. The molecule has 1 aliphatic rings. The van der Waals surface area contributed by atoms with Crippen LogP contribution in [0, 0.1) is 5.92 Å². The summed E-state index contributed by atoms with van der Waals surface area (Å²) >= 11 is 4.92. The Hall–Kier alpha value is -0.940. The van der Waals surface area contributed by atoms with Crippen molar-refractivity contribution in [1.29, 1.82) is 0 Å². The van der Waals surface area contributed by atoms with Gasteiger partial charge in [-0.05, 0) is 5.56 Å². The zero-order valence-electron chi connectivity index (χ0n) is 8.83. The van der Waals surface area contributed by atoms with E-state index in [2.05, 4.69) is 0 Å². The third-order valence-electron chi connectivity index (χ3n) is 2.96. The van der Waals surface area contributed by atoms with Crippen LogP contribution in [0.4, 0.5) is 0 Å². The lowest BCUT2D eigenvalue weighted by Gasteiger charge is -1.97. The van der Waals surface area contributed by atoms with Crippen molar-refractivity contribution in [3.05, 3.63) is 35.9 Å². The Bertz CT molecular complexity index is 510. The first-order valence-corrected chi connectivity index (χ1v) is 7.32. The standard InChI is InChI=1S/C11H13NO2S2/c1-16(13,14)10-8(9(10)11(12)15)7-5-3-2-4-6-7/h2-6,8-10H,1H3,(H2,12,15)/t8-,9-,10+/m1/s1. The second kappa shape index (κ2) is 3.82. The van der Waals surface area contributed by atoms with Crippen LogP contribution in [0.5, 0.6) is 0 Å². The lowest BCUT2D eigenvalue weighted by molar-refractivity contribution is 0.599. The zero-order chi connectivity index (χ0) is 11.9. The number of nitrogens with two attached hydrogens (primary N) is 1. The molecule has 2 rings (SSSR count). The van der Waals surface area contributed by atoms with Crippen LogP contribution in [0.3, 0.4) is 0 Å². The number of rotatable bonds is 3. The molecule has 16 heavy (non-hydrogen) atoms. The molecule has 3 atom stereocenters. The number of hydrogen-bond donors (Lipinski definition) is 1. The second-order valence-corrected chi connectivity index (χ2v) is 6.83. The van der Waals surface area contributed by atoms with E-state index in [1.165, 1.54) is 6.26 Å². The van der Waals surface area contributed by atoms with E-state index in [-0.39, 0.29) is 11.8 Å². The monoisotopic (exact) mass is 255 g/mol. The number of hydrogen-bond acceptors (Lipinski definition) is 3. The van der Waals surface area contributed by atoms with Crippen LogP contribution in [0.1, 0.15) is 11.5 Å². The summed E-state index contributed by atoms with van der Waals surface area (Å²) in [4.78, 5) is 0.296. The van der Waals surface area contributed by atoms with Crippen LogP contribution in [0.2, 0.25) is 0 Å². The molecule has 1 saturated carbocycles. The highest BCUT2D eigenvalue weighted by molar-refractivity contribution is 7.91. The normalized spacial score (nSPS) is 28.7. The minimum absolute atomic E-state index is 0.0614. The average Bonchev–Trinajstić information content (AvgIpc) is 2.93. The van der Waals surface area contributed by atoms with Gasteiger partial charge in [0.15, 0.2) is 9.84 Å². The van der Waals surface area contributed by atoms with Crippen molar-refractivity contribution in [3.8, 4) is 0 Å². The number of thiocarbonyl (C=S) groups is 1. The first kappa shape index (κ1) is 11.5. The summed E-state index contributed by atoms with van der Waals surface area (Å²) in [6, 6.07) is 9.52. The fourth-order valence-electron chi connectivity index (χ4n) is 2.23. The Labute approximate surface area is 101 Å². The molecular weight excluding hydrogens is 242 g/mol. The van der Waals surface area contributed by atoms with E-state index in [9.17, 15) is 8.42 Å². The average molecular weight is 255 g/mol. The number of sulfone groups is 1. The van der Waals surface area contributed by atoms with E-state index in [1.807, 2.05) is 30.3 Å². The first-order chi connectivity index (χ1) is 7.43. The minimum Gasteiger partial charge on any atom is -0.393 e. The van der Waals surface area contributed by atoms with E-state index in [0.29, 0.717) is 4.99 Å². The zero-order valence-corrected chi connectivity index (χ0v) is 10.5. The Balaban J connectivity index is 2.34. The van der Waals surface area contributed by atoms with E-state index in [4.69, 9.17) is 18.0 Å². The highest BCUT2D eigenvalue weighted by Gasteiger charge is 2.58. The molecule has 0 aliphatic heterocycles. The molecule has 1 fully saturated rings. The molecule has 1 aliphatic carbocycles. The SMILES string of the molecule is CS(=O)(=O)[C@@H]1[C@H](C(N)=S)[C@H]1c1ccccc1. The summed E-state index contributed by atoms with van der Waals surface area (Å²) in [5, 5.41) is -0.438. The third kappa shape index (κ3) is 1.97. The van der Waals surface area contributed by atoms with Gasteiger partial charge in [0.25, 0.3) is 0 Å². The van der Waals surface area contributed by atoms with Crippen molar-refractivity contribution in [2.75, 3.05) is 6.26 Å². The van der Waals surface area contributed by atoms with Crippen LogP contribution in [-0.4, -0.2) is 24.9 Å². The molecule has 5 heteroatoms. The molecule has 0 spiro atoms. The Kier molecular flexibility index (Phi) is 2.75. The van der Waals surface area contributed by atoms with E-state index >= 15 is 0 Å². The van der Waals surface area contributed by atoms with Crippen LogP contribution in [0.25, 0.3) is 0 Å². The predicted molar refractivity (Wildman–Crippen MR) is 68.1 cm³/mol. The molecule has 0 amide bonds. The van der Waals surface area contributed by atoms with Gasteiger partial charge < -0.3 is 5.73 Å². The molecule has 3 nitrogen and oxygen atoms in total. The van der Waals surface area contributed by atoms with Crippen LogP contribution >= 0.6 is 12.2 Å². The maximum atomic E-state index is 11.6. The highest BCUT2D eigenvalue weighted by atomic mass is 32.2. The summed E-state index contributed by atoms with van der Waals surface area (Å²) in [5.41, 5.74) is 6.58. The molecule has 0 saturated heterocycles. The van der Waals surface area contributed by atoms with Gasteiger partial charge in [0.1, 0.15) is 0 Å². The fourth-order valence-corrected chi connectivity index (χ4v) is 4.22.